The largest absolute Gasteiger partial charge is 1.00 e. The number of amides is 2. The van der Waals surface area contributed by atoms with E-state index in [1.165, 1.54) is 17.2 Å². The molecule has 4 heterocycles. The van der Waals surface area contributed by atoms with Crippen molar-refractivity contribution in [3.8, 4) is 0 Å². The number of urea groups is 1. The van der Waals surface area contributed by atoms with E-state index >= 15 is 0 Å². The number of nitrogens with one attached hydrogen (secondary N) is 2. The van der Waals surface area contributed by atoms with Crippen molar-refractivity contribution in [3.63, 3.8) is 0 Å². The summed E-state index contributed by atoms with van der Waals surface area (Å²) in [6.07, 6.45) is -1.78. The molecule has 0 spiro atoms. The Morgan fingerprint density at radius 3 is 2.85 bits per heavy atom. The molecular formula is C17H15ClN6NaO7P. The number of nitrogens with zero attached hydrogens (tertiary/aromatic N) is 4. The maximum atomic E-state index is 12.4. The van der Waals surface area contributed by atoms with Gasteiger partial charge >= 0.3 is 35.6 Å². The summed E-state index contributed by atoms with van der Waals surface area (Å²) in [5.74, 6) is 0.104. The first-order chi connectivity index (χ1) is 15.3. The molecule has 1 unspecified atom stereocenters. The molecule has 3 aromatic rings. The Hall–Kier alpha value is -1.64. The van der Waals surface area contributed by atoms with Crippen LogP contribution in [0.2, 0.25) is 5.02 Å². The Morgan fingerprint density at radius 2 is 2.06 bits per heavy atom. The summed E-state index contributed by atoms with van der Waals surface area (Å²) >= 11 is 6.05. The van der Waals surface area contributed by atoms with E-state index in [1.807, 2.05) is 0 Å². The van der Waals surface area contributed by atoms with Crippen molar-refractivity contribution in [1.29, 1.82) is 0 Å². The third-order valence-corrected chi connectivity index (χ3v) is 6.24. The van der Waals surface area contributed by atoms with Crippen molar-refractivity contribution >= 4 is 48.1 Å². The SMILES string of the molecule is O=C(Nc1ccccc1Cl)Nc1ncnc2c1ncn2[C@@H]1O[C@@H]2COP(=O)([O-])O[C@H]2[C@H]1O.[Na+]. The first-order valence-corrected chi connectivity index (χ1v) is 11.1. The Kier molecular flexibility index (Phi) is 7.08. The zero-order valence-electron chi connectivity index (χ0n) is 17.0. The number of rotatable bonds is 3. The van der Waals surface area contributed by atoms with Crippen LogP contribution in [0.1, 0.15) is 6.23 Å². The van der Waals surface area contributed by atoms with E-state index in [2.05, 4.69) is 30.1 Å². The maximum Gasteiger partial charge on any atom is 1.00 e. The number of fused-ring (bicyclic) bond motifs is 2. The van der Waals surface area contributed by atoms with Crippen LogP contribution in [0.3, 0.4) is 0 Å². The zero-order valence-corrected chi connectivity index (χ0v) is 20.6. The number of ether oxygens (including phenoxy) is 1. The first kappa shape index (κ1) is 24.5. The van der Waals surface area contributed by atoms with Crippen LogP contribution in [0, 0.1) is 0 Å². The number of carbonyl (C=O) groups excluding carboxylic acids is 1. The average molecular weight is 505 g/mol. The second kappa shape index (κ2) is 9.55. The number of aromatic nitrogens is 4. The summed E-state index contributed by atoms with van der Waals surface area (Å²) < 4.78 is 28.2. The quantitative estimate of drug-likeness (QED) is 0.275. The number of carbonyl (C=O) groups is 1. The molecule has 0 bridgehead atoms. The topological polar surface area (TPSA) is 173 Å². The van der Waals surface area contributed by atoms with Crippen molar-refractivity contribution < 1.29 is 62.7 Å². The molecule has 16 heteroatoms. The van der Waals surface area contributed by atoms with Crippen LogP contribution in [0.25, 0.3) is 11.2 Å². The average Bonchev–Trinajstić information content (AvgIpc) is 3.31. The Bertz CT molecular complexity index is 1250. The van der Waals surface area contributed by atoms with Crippen molar-refractivity contribution in [2.45, 2.75) is 24.5 Å². The summed E-state index contributed by atoms with van der Waals surface area (Å²) in [7, 11) is -4.51. The summed E-state index contributed by atoms with van der Waals surface area (Å²) in [6, 6.07) is 6.11. The van der Waals surface area contributed by atoms with Crippen molar-refractivity contribution in [1.82, 2.24) is 19.5 Å². The first-order valence-electron chi connectivity index (χ1n) is 9.30. The fourth-order valence-corrected chi connectivity index (χ4v) is 4.64. The number of aliphatic hydroxyl groups is 1. The van der Waals surface area contributed by atoms with E-state index in [0.717, 1.165) is 0 Å². The van der Waals surface area contributed by atoms with E-state index in [1.54, 1.807) is 24.3 Å². The normalized spacial score (nSPS) is 28.7. The Labute approximate surface area is 213 Å². The zero-order chi connectivity index (χ0) is 22.5. The molecule has 5 rings (SSSR count). The minimum atomic E-state index is -4.51. The van der Waals surface area contributed by atoms with Crippen LogP contribution in [0.15, 0.2) is 36.9 Å². The van der Waals surface area contributed by atoms with Gasteiger partial charge < -0.3 is 29.1 Å². The van der Waals surface area contributed by atoms with Crippen molar-refractivity contribution in [2.24, 2.45) is 0 Å². The Morgan fingerprint density at radius 1 is 1.27 bits per heavy atom. The van der Waals surface area contributed by atoms with Gasteiger partial charge in [-0.1, -0.05) is 23.7 Å². The molecule has 2 fully saturated rings. The summed E-state index contributed by atoms with van der Waals surface area (Å²) in [4.78, 5) is 36.4. The molecule has 2 amide bonds. The van der Waals surface area contributed by atoms with Crippen LogP contribution in [-0.4, -0.2) is 55.6 Å². The standard InChI is InChI=1S/C17H16ClN6O7P.Na/c18-8-3-1-2-4-9(8)22-17(26)23-14-11-15(20-6-19-14)24(7-21-11)16-12(25)13-10(30-16)5-29-32(27,28)31-13;/h1-4,6-7,10,12-13,16,25H,5H2,(H,27,28)(H2,19,20,22,23,26);/q;+1/p-1/t10-,12-,13-,16-;/m1./s1. The minimum Gasteiger partial charge on any atom is -0.756 e. The monoisotopic (exact) mass is 504 g/mol. The van der Waals surface area contributed by atoms with Gasteiger partial charge in [0.05, 0.1) is 23.6 Å². The molecule has 2 aromatic heterocycles. The third-order valence-electron chi connectivity index (χ3n) is 4.94. The number of aliphatic hydroxyl groups excluding tert-OH is 1. The smallest absolute Gasteiger partial charge is 0.756 e. The molecule has 3 N–H and O–H groups in total. The van der Waals surface area contributed by atoms with E-state index < -0.39 is 38.4 Å². The predicted molar refractivity (Wildman–Crippen MR) is 108 cm³/mol. The summed E-state index contributed by atoms with van der Waals surface area (Å²) in [5.41, 5.74) is 0.867. The van der Waals surface area contributed by atoms with Gasteiger partial charge in [-0.15, -0.1) is 0 Å². The molecule has 2 aliphatic heterocycles. The molecule has 0 saturated carbocycles. The molecule has 2 aliphatic rings. The van der Waals surface area contributed by atoms with Gasteiger partial charge in [-0.3, -0.25) is 14.4 Å². The van der Waals surface area contributed by atoms with Gasteiger partial charge in [-0.25, -0.2) is 19.7 Å². The van der Waals surface area contributed by atoms with E-state index in [9.17, 15) is 19.4 Å². The molecule has 33 heavy (non-hydrogen) atoms. The van der Waals surface area contributed by atoms with Gasteiger partial charge in [-0.05, 0) is 12.1 Å². The molecule has 2 saturated heterocycles. The number of phosphoric acid groups is 1. The number of hydrogen-bond acceptors (Lipinski definition) is 10. The second-order valence-corrected chi connectivity index (χ2v) is 8.74. The van der Waals surface area contributed by atoms with Crippen LogP contribution < -0.4 is 45.1 Å². The van der Waals surface area contributed by atoms with Crippen LogP contribution >= 0.6 is 19.4 Å². The van der Waals surface area contributed by atoms with Gasteiger partial charge in [0.1, 0.15) is 24.6 Å². The Balaban J connectivity index is 0.00000259. The number of phosphoric ester groups is 1. The molecular weight excluding hydrogens is 490 g/mol. The maximum absolute atomic E-state index is 12.4. The van der Waals surface area contributed by atoms with Crippen molar-refractivity contribution in [3.05, 3.63) is 41.9 Å². The molecule has 0 radical (unpaired) electrons. The molecule has 13 nitrogen and oxygen atoms in total. The molecule has 1 aromatic carbocycles. The minimum absolute atomic E-state index is 0. The fraction of sp³-hybridized carbons (Fsp3) is 0.294. The third kappa shape index (κ3) is 4.80. The van der Waals surface area contributed by atoms with Gasteiger partial charge in [0.15, 0.2) is 23.2 Å². The van der Waals surface area contributed by atoms with Crippen molar-refractivity contribution in [2.75, 3.05) is 17.2 Å². The van der Waals surface area contributed by atoms with E-state index in [4.69, 9.17) is 20.9 Å². The number of benzene rings is 1. The van der Waals surface area contributed by atoms with Gasteiger partial charge in [0.25, 0.3) is 7.82 Å². The number of anilines is 2. The van der Waals surface area contributed by atoms with Crippen LogP contribution in [0.5, 0.6) is 0 Å². The predicted octanol–water partition coefficient (Wildman–Crippen LogP) is -1.73. The van der Waals surface area contributed by atoms with Gasteiger partial charge in [0, 0.05) is 0 Å². The summed E-state index contributed by atoms with van der Waals surface area (Å²) in [6.45, 7) is -0.282. The number of hydrogen-bond donors (Lipinski definition) is 3. The number of imidazole rings is 1. The van der Waals surface area contributed by atoms with Crippen LogP contribution in [0.4, 0.5) is 16.3 Å². The van der Waals surface area contributed by atoms with Crippen LogP contribution in [-0.2, 0) is 18.3 Å². The second-order valence-electron chi connectivity index (χ2n) is 6.97. The molecule has 168 valence electrons. The molecule has 0 aliphatic carbocycles. The van der Waals surface area contributed by atoms with E-state index in [0.29, 0.717) is 10.7 Å². The number of halogens is 1. The molecule has 5 atom stereocenters. The fourth-order valence-electron chi connectivity index (χ4n) is 3.51. The van der Waals surface area contributed by atoms with E-state index in [-0.39, 0.29) is 53.1 Å². The summed E-state index contributed by atoms with van der Waals surface area (Å²) in [5, 5.41) is 16.1. The van der Waals surface area contributed by atoms with Gasteiger partial charge in [0.2, 0.25) is 0 Å². The van der Waals surface area contributed by atoms with Gasteiger partial charge in [-0.2, -0.15) is 0 Å². The number of para-hydroxylation sites is 1.